The van der Waals surface area contributed by atoms with E-state index in [9.17, 15) is 0 Å². The first-order valence-electron chi connectivity index (χ1n) is 9.98. The first kappa shape index (κ1) is 19.1. The summed E-state index contributed by atoms with van der Waals surface area (Å²) in [6, 6.07) is 5.53. The van der Waals surface area contributed by atoms with Crippen LogP contribution in [0.4, 0.5) is 17.6 Å². The van der Waals surface area contributed by atoms with Gasteiger partial charge >= 0.3 is 0 Å². The predicted octanol–water partition coefficient (Wildman–Crippen LogP) is 2.04. The number of aromatic nitrogens is 6. The van der Waals surface area contributed by atoms with Crippen LogP contribution in [0.25, 0.3) is 22.3 Å². The van der Waals surface area contributed by atoms with Crippen LogP contribution in [0.15, 0.2) is 49.2 Å². The fraction of sp³-hybridized carbons (Fsp3) is 0.238. The lowest BCUT2D eigenvalue weighted by Crippen LogP contribution is -2.44. The lowest BCUT2D eigenvalue weighted by atomic mass is 10.2. The summed E-state index contributed by atoms with van der Waals surface area (Å²) in [6.45, 7) is 3.50. The summed E-state index contributed by atoms with van der Waals surface area (Å²) in [5.41, 5.74) is 1.56. The zero-order valence-electron chi connectivity index (χ0n) is 17.0. The molecule has 0 aliphatic carbocycles. The number of rotatable bonds is 5. The number of nitrogens with zero attached hydrogens (tertiary/aromatic N) is 7. The Morgan fingerprint density at radius 1 is 1.03 bits per heavy atom. The Bertz CT molecular complexity index is 1200. The molecule has 10 heteroatoms. The van der Waals surface area contributed by atoms with Crippen molar-refractivity contribution in [3.63, 3.8) is 0 Å². The Hall–Kier alpha value is -3.92. The Labute approximate surface area is 178 Å². The molecule has 156 valence electrons. The maximum atomic E-state index is 5.57. The zero-order chi connectivity index (χ0) is 21.0. The van der Waals surface area contributed by atoms with Gasteiger partial charge in [-0.05, 0) is 18.2 Å². The molecule has 10 nitrogen and oxygen atoms in total. The number of ether oxygens (including phenoxy) is 1. The highest BCUT2D eigenvalue weighted by Gasteiger charge is 2.20. The SMILES string of the molecule is COc1cncc2nc(-c3ccnc(Nc4ncccn4)c3)nc(N3CCNCC3)c12. The van der Waals surface area contributed by atoms with Crippen molar-refractivity contribution in [1.29, 1.82) is 0 Å². The zero-order valence-corrected chi connectivity index (χ0v) is 17.0. The van der Waals surface area contributed by atoms with Crippen LogP contribution in [0.3, 0.4) is 0 Å². The molecule has 0 radical (unpaired) electrons. The van der Waals surface area contributed by atoms with Crippen LogP contribution >= 0.6 is 0 Å². The molecule has 4 aromatic heterocycles. The average Bonchev–Trinajstić information content (AvgIpc) is 2.84. The maximum absolute atomic E-state index is 5.57. The van der Waals surface area contributed by atoms with E-state index in [1.54, 1.807) is 44.2 Å². The Balaban J connectivity index is 1.59. The molecular formula is C21H21N9O. The summed E-state index contributed by atoms with van der Waals surface area (Å²) in [5.74, 6) is 3.19. The van der Waals surface area contributed by atoms with Crippen molar-refractivity contribution < 1.29 is 4.74 Å². The van der Waals surface area contributed by atoms with Crippen LogP contribution in [-0.4, -0.2) is 63.2 Å². The smallest absolute Gasteiger partial charge is 0.228 e. The number of nitrogens with one attached hydrogen (secondary N) is 2. The number of hydrogen-bond acceptors (Lipinski definition) is 10. The van der Waals surface area contributed by atoms with Gasteiger partial charge in [-0.2, -0.15) is 0 Å². The number of piperazine rings is 1. The number of anilines is 3. The van der Waals surface area contributed by atoms with E-state index in [-0.39, 0.29) is 0 Å². The highest BCUT2D eigenvalue weighted by molar-refractivity contribution is 5.95. The first-order chi connectivity index (χ1) is 15.3. The van der Waals surface area contributed by atoms with Gasteiger partial charge < -0.3 is 20.3 Å². The molecule has 2 N–H and O–H groups in total. The maximum Gasteiger partial charge on any atom is 0.228 e. The van der Waals surface area contributed by atoms with E-state index in [0.29, 0.717) is 23.3 Å². The fourth-order valence-electron chi connectivity index (χ4n) is 3.54. The number of pyridine rings is 2. The highest BCUT2D eigenvalue weighted by atomic mass is 16.5. The van der Waals surface area contributed by atoms with E-state index < -0.39 is 0 Å². The average molecular weight is 415 g/mol. The highest BCUT2D eigenvalue weighted by Crippen LogP contribution is 2.34. The van der Waals surface area contributed by atoms with Gasteiger partial charge in [0, 0.05) is 50.3 Å². The molecule has 31 heavy (non-hydrogen) atoms. The van der Waals surface area contributed by atoms with Crippen molar-refractivity contribution in [3.8, 4) is 17.1 Å². The monoisotopic (exact) mass is 415 g/mol. The van der Waals surface area contributed by atoms with Gasteiger partial charge in [0.2, 0.25) is 5.95 Å². The molecule has 5 heterocycles. The minimum atomic E-state index is 0.474. The Morgan fingerprint density at radius 2 is 1.87 bits per heavy atom. The number of hydrogen-bond donors (Lipinski definition) is 2. The molecule has 0 unspecified atom stereocenters. The van der Waals surface area contributed by atoms with Crippen LogP contribution in [0.1, 0.15) is 0 Å². The third-order valence-corrected chi connectivity index (χ3v) is 5.01. The van der Waals surface area contributed by atoms with E-state index in [4.69, 9.17) is 14.7 Å². The van der Waals surface area contributed by atoms with Crippen molar-refractivity contribution in [2.45, 2.75) is 0 Å². The van der Waals surface area contributed by atoms with Crippen molar-refractivity contribution in [2.24, 2.45) is 0 Å². The third kappa shape index (κ3) is 3.92. The van der Waals surface area contributed by atoms with Gasteiger partial charge in [-0.15, -0.1) is 0 Å². The molecule has 0 aromatic carbocycles. The van der Waals surface area contributed by atoms with E-state index in [1.807, 2.05) is 12.1 Å². The lowest BCUT2D eigenvalue weighted by Gasteiger charge is -2.29. The summed E-state index contributed by atoms with van der Waals surface area (Å²) in [5, 5.41) is 7.36. The largest absolute Gasteiger partial charge is 0.494 e. The van der Waals surface area contributed by atoms with Crippen molar-refractivity contribution in [3.05, 3.63) is 49.2 Å². The summed E-state index contributed by atoms with van der Waals surface area (Å²) < 4.78 is 5.57. The molecular weight excluding hydrogens is 394 g/mol. The molecule has 0 spiro atoms. The normalized spacial score (nSPS) is 13.9. The molecule has 5 rings (SSSR count). The molecule has 1 saturated heterocycles. The molecule has 0 atom stereocenters. The lowest BCUT2D eigenvalue weighted by molar-refractivity contribution is 0.418. The summed E-state index contributed by atoms with van der Waals surface area (Å²) >= 11 is 0. The standard InChI is InChI=1S/C21H21N9O/c1-31-16-13-23-12-15-18(16)20(30-9-7-22-8-10-30)29-19(27-15)14-3-6-24-17(11-14)28-21-25-4-2-5-26-21/h2-6,11-13,22H,7-10H2,1H3,(H,24,25,26,28). The van der Waals surface area contributed by atoms with Gasteiger partial charge in [0.25, 0.3) is 0 Å². The van der Waals surface area contributed by atoms with Crippen LogP contribution < -0.4 is 20.3 Å². The summed E-state index contributed by atoms with van der Waals surface area (Å²) in [6.07, 6.45) is 8.50. The Kier molecular flexibility index (Phi) is 5.19. The van der Waals surface area contributed by atoms with Crippen molar-refractivity contribution in [2.75, 3.05) is 43.5 Å². The van der Waals surface area contributed by atoms with Gasteiger partial charge in [-0.25, -0.2) is 24.9 Å². The number of fused-ring (bicyclic) bond motifs is 1. The van der Waals surface area contributed by atoms with Crippen LogP contribution in [0.5, 0.6) is 5.75 Å². The van der Waals surface area contributed by atoms with Crippen molar-refractivity contribution in [1.82, 2.24) is 35.2 Å². The van der Waals surface area contributed by atoms with Gasteiger partial charge in [0.1, 0.15) is 17.4 Å². The van der Waals surface area contributed by atoms with E-state index in [2.05, 4.69) is 35.5 Å². The third-order valence-electron chi connectivity index (χ3n) is 5.01. The summed E-state index contributed by atoms with van der Waals surface area (Å²) in [7, 11) is 1.64. The Morgan fingerprint density at radius 3 is 2.68 bits per heavy atom. The predicted molar refractivity (Wildman–Crippen MR) is 118 cm³/mol. The second-order valence-electron chi connectivity index (χ2n) is 6.97. The van der Waals surface area contributed by atoms with Crippen LogP contribution in [0, 0.1) is 0 Å². The number of methoxy groups -OCH3 is 1. The molecule has 1 fully saturated rings. The van der Waals surface area contributed by atoms with Gasteiger partial charge in [0.15, 0.2) is 5.82 Å². The van der Waals surface area contributed by atoms with Gasteiger partial charge in [0.05, 0.1) is 30.4 Å². The van der Waals surface area contributed by atoms with E-state index in [0.717, 1.165) is 48.5 Å². The van der Waals surface area contributed by atoms with Crippen LogP contribution in [-0.2, 0) is 0 Å². The minimum absolute atomic E-state index is 0.474. The molecule has 1 aliphatic rings. The minimum Gasteiger partial charge on any atom is -0.494 e. The van der Waals surface area contributed by atoms with Crippen LogP contribution in [0.2, 0.25) is 0 Å². The van der Waals surface area contributed by atoms with E-state index in [1.165, 1.54) is 0 Å². The second kappa shape index (κ2) is 8.44. The quantitative estimate of drug-likeness (QED) is 0.502. The molecule has 4 aromatic rings. The molecule has 1 aliphatic heterocycles. The van der Waals surface area contributed by atoms with Gasteiger partial charge in [-0.1, -0.05) is 0 Å². The first-order valence-corrected chi connectivity index (χ1v) is 9.98. The second-order valence-corrected chi connectivity index (χ2v) is 6.97. The fourth-order valence-corrected chi connectivity index (χ4v) is 3.54. The molecule has 0 saturated carbocycles. The summed E-state index contributed by atoms with van der Waals surface area (Å²) in [4.78, 5) is 29.0. The molecule has 0 amide bonds. The topological polar surface area (TPSA) is 114 Å². The van der Waals surface area contributed by atoms with Crippen molar-refractivity contribution >= 4 is 28.5 Å². The molecule has 0 bridgehead atoms. The van der Waals surface area contributed by atoms with Gasteiger partial charge in [-0.3, -0.25) is 4.98 Å². The van der Waals surface area contributed by atoms with E-state index >= 15 is 0 Å².